The second kappa shape index (κ2) is 19.9. The maximum atomic E-state index is 14.1. The first-order valence-corrected chi connectivity index (χ1v) is 16.1. The Balaban J connectivity index is 1.41. The van der Waals surface area contributed by atoms with Crippen LogP contribution in [0, 0.1) is 0 Å². The van der Waals surface area contributed by atoms with Gasteiger partial charge in [-0.1, -0.05) is 158 Å². The third kappa shape index (κ3) is 11.6. The third-order valence-corrected chi connectivity index (χ3v) is 7.75. The number of unbranched alkanes of at least 4 members (excludes halogenated alkanes) is 15. The van der Waals surface area contributed by atoms with Crippen LogP contribution in [0.2, 0.25) is 0 Å². The van der Waals surface area contributed by atoms with Gasteiger partial charge in [0, 0.05) is 12.2 Å². The fraction of sp³-hybridized carbons (Fsp3) is 0.486. The molecule has 216 valence electrons. The minimum atomic E-state index is -0.00967. The normalized spacial score (nSPS) is 10.9. The summed E-state index contributed by atoms with van der Waals surface area (Å²) in [4.78, 5) is 17.9. The molecule has 3 heteroatoms. The Kier molecular flexibility index (Phi) is 15.7. The number of amides is 2. The summed E-state index contributed by atoms with van der Waals surface area (Å²) in [6.07, 6.45) is 21.5. The molecule has 0 bridgehead atoms. The summed E-state index contributed by atoms with van der Waals surface area (Å²) in [5, 5.41) is 0. The molecule has 0 heterocycles. The predicted molar refractivity (Wildman–Crippen MR) is 174 cm³/mol. The third-order valence-electron chi connectivity index (χ3n) is 7.75. The average Bonchev–Trinajstić information content (AvgIpc) is 3.00. The van der Waals surface area contributed by atoms with Gasteiger partial charge >= 0.3 is 6.03 Å². The molecular formula is C37H52N2O. The summed E-state index contributed by atoms with van der Waals surface area (Å²) in [5.74, 6) is 0. The number of rotatable bonds is 20. The second-order valence-electron chi connectivity index (χ2n) is 11.1. The van der Waals surface area contributed by atoms with Crippen LogP contribution in [0.15, 0.2) is 91.0 Å². The van der Waals surface area contributed by atoms with Gasteiger partial charge in [-0.2, -0.15) is 0 Å². The number of hydrogen-bond donors (Lipinski definition) is 0. The summed E-state index contributed by atoms with van der Waals surface area (Å²) >= 11 is 0. The van der Waals surface area contributed by atoms with Gasteiger partial charge in [0.15, 0.2) is 0 Å². The van der Waals surface area contributed by atoms with Crippen LogP contribution < -0.4 is 9.80 Å². The number of carbonyl (C=O) groups is 1. The zero-order valence-corrected chi connectivity index (χ0v) is 25.0. The first-order valence-electron chi connectivity index (χ1n) is 16.1. The summed E-state index contributed by atoms with van der Waals surface area (Å²) in [7, 11) is 0. The van der Waals surface area contributed by atoms with E-state index in [9.17, 15) is 4.79 Å². The predicted octanol–water partition coefficient (Wildman–Crippen LogP) is 11.7. The van der Waals surface area contributed by atoms with Gasteiger partial charge in [0.05, 0.1) is 11.4 Å². The fourth-order valence-corrected chi connectivity index (χ4v) is 5.41. The van der Waals surface area contributed by atoms with E-state index in [4.69, 9.17) is 0 Å². The highest BCUT2D eigenvalue weighted by Gasteiger charge is 2.25. The Labute approximate surface area is 244 Å². The van der Waals surface area contributed by atoms with Crippen molar-refractivity contribution in [1.82, 2.24) is 0 Å². The molecule has 0 aromatic heterocycles. The molecule has 0 aliphatic rings. The molecule has 0 N–H and O–H groups in total. The molecule has 3 rings (SSSR count). The van der Waals surface area contributed by atoms with Crippen molar-refractivity contribution in [2.75, 3.05) is 16.3 Å². The molecule has 0 aliphatic heterocycles. The highest BCUT2D eigenvalue weighted by molar-refractivity contribution is 6.08. The minimum Gasteiger partial charge on any atom is -0.294 e. The number of anilines is 3. The monoisotopic (exact) mass is 540 g/mol. The van der Waals surface area contributed by atoms with E-state index < -0.39 is 0 Å². The van der Waals surface area contributed by atoms with Crippen molar-refractivity contribution in [3.8, 4) is 0 Å². The van der Waals surface area contributed by atoms with E-state index in [0.717, 1.165) is 36.4 Å². The van der Waals surface area contributed by atoms with Crippen LogP contribution in [0.1, 0.15) is 110 Å². The molecule has 40 heavy (non-hydrogen) atoms. The molecule has 0 fully saturated rings. The first-order chi connectivity index (χ1) is 19.8. The molecule has 2 amide bonds. The summed E-state index contributed by atoms with van der Waals surface area (Å²) in [6.45, 7) is 3.01. The highest BCUT2D eigenvalue weighted by Crippen LogP contribution is 2.29. The molecule has 3 aromatic carbocycles. The minimum absolute atomic E-state index is 0.00967. The quantitative estimate of drug-likeness (QED) is 0.131. The van der Waals surface area contributed by atoms with Gasteiger partial charge < -0.3 is 0 Å². The van der Waals surface area contributed by atoms with Crippen LogP contribution in [0.4, 0.5) is 21.9 Å². The van der Waals surface area contributed by atoms with Gasteiger partial charge in [0.25, 0.3) is 0 Å². The van der Waals surface area contributed by atoms with Crippen LogP contribution in [-0.4, -0.2) is 12.6 Å². The summed E-state index contributed by atoms with van der Waals surface area (Å²) < 4.78 is 0. The van der Waals surface area contributed by atoms with Crippen molar-refractivity contribution in [3.05, 3.63) is 91.0 Å². The maximum Gasteiger partial charge on any atom is 0.333 e. The summed E-state index contributed by atoms with van der Waals surface area (Å²) in [5.41, 5.74) is 2.71. The Bertz CT molecular complexity index is 982. The van der Waals surface area contributed by atoms with Crippen molar-refractivity contribution in [2.24, 2.45) is 0 Å². The van der Waals surface area contributed by atoms with Crippen molar-refractivity contribution in [3.63, 3.8) is 0 Å². The van der Waals surface area contributed by atoms with Crippen molar-refractivity contribution >= 4 is 23.1 Å². The maximum absolute atomic E-state index is 14.1. The zero-order chi connectivity index (χ0) is 28.1. The molecule has 0 atom stereocenters. The molecule has 0 radical (unpaired) electrons. The van der Waals surface area contributed by atoms with Gasteiger partial charge in [-0.3, -0.25) is 9.80 Å². The highest BCUT2D eigenvalue weighted by atomic mass is 16.2. The number of nitrogens with zero attached hydrogens (tertiary/aromatic N) is 2. The van der Waals surface area contributed by atoms with E-state index in [1.54, 1.807) is 0 Å². The van der Waals surface area contributed by atoms with E-state index in [0.29, 0.717) is 0 Å². The van der Waals surface area contributed by atoms with Crippen molar-refractivity contribution in [1.29, 1.82) is 0 Å². The van der Waals surface area contributed by atoms with E-state index in [2.05, 4.69) is 6.92 Å². The standard InChI is InChI=1S/C37H52N2O/c1-2-3-4-5-6-7-8-9-10-11-12-13-14-15-16-26-33-38(34-27-20-17-21-28-34)37(40)39(35-29-22-18-23-30-35)36-31-24-19-25-32-36/h17-25,27-32H,2-16,26,33H2,1H3. The lowest BCUT2D eigenvalue weighted by Gasteiger charge is -2.31. The molecule has 0 unspecified atom stereocenters. The largest absolute Gasteiger partial charge is 0.333 e. The fourth-order valence-electron chi connectivity index (χ4n) is 5.41. The van der Waals surface area contributed by atoms with Crippen LogP contribution in [0.5, 0.6) is 0 Å². The smallest absolute Gasteiger partial charge is 0.294 e. The molecule has 0 spiro atoms. The van der Waals surface area contributed by atoms with Gasteiger partial charge in [-0.25, -0.2) is 4.79 Å². The van der Waals surface area contributed by atoms with Crippen molar-refractivity contribution < 1.29 is 4.79 Å². The zero-order valence-electron chi connectivity index (χ0n) is 25.0. The second-order valence-corrected chi connectivity index (χ2v) is 11.1. The lowest BCUT2D eigenvalue weighted by atomic mass is 10.0. The topological polar surface area (TPSA) is 23.6 Å². The van der Waals surface area contributed by atoms with Crippen LogP contribution >= 0.6 is 0 Å². The molecule has 0 aliphatic carbocycles. The van der Waals surface area contributed by atoms with Gasteiger partial charge in [-0.05, 0) is 42.8 Å². The Morgan fingerprint density at radius 1 is 0.450 bits per heavy atom. The summed E-state index contributed by atoms with van der Waals surface area (Å²) in [6, 6.07) is 30.0. The van der Waals surface area contributed by atoms with Gasteiger partial charge in [-0.15, -0.1) is 0 Å². The molecular weight excluding hydrogens is 488 g/mol. The van der Waals surface area contributed by atoms with Crippen molar-refractivity contribution in [2.45, 2.75) is 110 Å². The van der Waals surface area contributed by atoms with E-state index in [1.165, 1.54) is 89.9 Å². The molecule has 0 saturated carbocycles. The lowest BCUT2D eigenvalue weighted by Crippen LogP contribution is -2.41. The number of benzene rings is 3. The van der Waals surface area contributed by atoms with E-state index in [-0.39, 0.29) is 6.03 Å². The van der Waals surface area contributed by atoms with Crippen LogP contribution in [0.25, 0.3) is 0 Å². The SMILES string of the molecule is CCCCCCCCCCCCCCCCCCN(C(=O)N(c1ccccc1)c1ccccc1)c1ccccc1. The Morgan fingerprint density at radius 2 is 0.775 bits per heavy atom. The number of hydrogen-bond acceptors (Lipinski definition) is 1. The van der Waals surface area contributed by atoms with E-state index in [1.807, 2.05) is 101 Å². The molecule has 0 saturated heterocycles. The average molecular weight is 541 g/mol. The van der Waals surface area contributed by atoms with Crippen LogP contribution in [-0.2, 0) is 0 Å². The molecule has 3 nitrogen and oxygen atoms in total. The van der Waals surface area contributed by atoms with Gasteiger partial charge in [0.2, 0.25) is 0 Å². The molecule has 3 aromatic rings. The number of urea groups is 1. The Hall–Kier alpha value is -3.07. The number of carbonyl (C=O) groups excluding carboxylic acids is 1. The van der Waals surface area contributed by atoms with E-state index >= 15 is 0 Å². The number of para-hydroxylation sites is 3. The Morgan fingerprint density at radius 3 is 1.15 bits per heavy atom. The van der Waals surface area contributed by atoms with Crippen LogP contribution in [0.3, 0.4) is 0 Å². The van der Waals surface area contributed by atoms with Gasteiger partial charge in [0.1, 0.15) is 0 Å². The first kappa shape index (κ1) is 31.5. The lowest BCUT2D eigenvalue weighted by molar-refractivity contribution is 0.253.